The number of ketones is 1. The molecule has 4 heteroatoms. The van der Waals surface area contributed by atoms with Gasteiger partial charge in [-0.3, -0.25) is 9.00 Å². The molecule has 82 valence electrons. The molecule has 0 bridgehead atoms. The van der Waals surface area contributed by atoms with Crippen molar-refractivity contribution in [3.63, 3.8) is 0 Å². The van der Waals surface area contributed by atoms with Crippen LogP contribution in [0.1, 0.15) is 26.7 Å². The number of carbonyl (C=O) groups excluding carboxylic acids is 1. The van der Waals surface area contributed by atoms with Crippen molar-refractivity contribution in [3.8, 4) is 0 Å². The maximum atomic E-state index is 11.7. The van der Waals surface area contributed by atoms with Crippen molar-refractivity contribution < 1.29 is 13.7 Å². The Hall–Kier alpha value is -0.220. The first-order valence-electron chi connectivity index (χ1n) is 5.09. The molecule has 3 nitrogen and oxygen atoms in total. The van der Waals surface area contributed by atoms with Crippen molar-refractivity contribution in [2.24, 2.45) is 5.92 Å². The third-order valence-corrected chi connectivity index (χ3v) is 4.25. The minimum Gasteiger partial charge on any atom is -0.381 e. The quantitative estimate of drug-likeness (QED) is 0.710. The van der Waals surface area contributed by atoms with Gasteiger partial charge in [0, 0.05) is 35.2 Å². The Morgan fingerprint density at radius 2 is 2.00 bits per heavy atom. The highest BCUT2D eigenvalue weighted by atomic mass is 32.2. The standard InChI is InChI=1S/C10H18O3S/c1-8(2)10(11)7-14(12)9-3-5-13-6-4-9/h8-9H,3-7H2,1-2H3. The van der Waals surface area contributed by atoms with Crippen molar-refractivity contribution >= 4 is 16.6 Å². The second kappa shape index (κ2) is 5.61. The molecule has 1 atom stereocenters. The summed E-state index contributed by atoms with van der Waals surface area (Å²) in [5.41, 5.74) is 0. The highest BCUT2D eigenvalue weighted by molar-refractivity contribution is 7.86. The molecule has 1 rings (SSSR count). The van der Waals surface area contributed by atoms with Gasteiger partial charge in [-0.15, -0.1) is 0 Å². The van der Waals surface area contributed by atoms with Gasteiger partial charge in [-0.1, -0.05) is 13.8 Å². The van der Waals surface area contributed by atoms with E-state index in [1.807, 2.05) is 13.8 Å². The predicted molar refractivity (Wildman–Crippen MR) is 56.7 cm³/mol. The molecule has 0 amide bonds. The summed E-state index contributed by atoms with van der Waals surface area (Å²) in [6.45, 7) is 5.07. The van der Waals surface area contributed by atoms with E-state index in [1.165, 1.54) is 0 Å². The first-order chi connectivity index (χ1) is 6.61. The van der Waals surface area contributed by atoms with Crippen LogP contribution in [0, 0.1) is 5.92 Å². The number of rotatable bonds is 4. The van der Waals surface area contributed by atoms with E-state index in [4.69, 9.17) is 4.74 Å². The van der Waals surface area contributed by atoms with Crippen LogP contribution in [0.3, 0.4) is 0 Å². The van der Waals surface area contributed by atoms with Gasteiger partial charge in [0.05, 0.1) is 5.75 Å². The number of carbonyl (C=O) groups is 1. The summed E-state index contributed by atoms with van der Waals surface area (Å²) in [7, 11) is -0.987. The molecule has 0 aromatic rings. The van der Waals surface area contributed by atoms with Crippen LogP contribution in [0.4, 0.5) is 0 Å². The Labute approximate surface area is 87.7 Å². The van der Waals surface area contributed by atoms with E-state index in [2.05, 4.69) is 0 Å². The van der Waals surface area contributed by atoms with Gasteiger partial charge in [-0.25, -0.2) is 0 Å². The third kappa shape index (κ3) is 3.50. The minimum absolute atomic E-state index is 0.00112. The molecule has 0 spiro atoms. The molecule has 0 saturated carbocycles. The van der Waals surface area contributed by atoms with Crippen molar-refractivity contribution in [3.05, 3.63) is 0 Å². The molecule has 14 heavy (non-hydrogen) atoms. The first-order valence-corrected chi connectivity index (χ1v) is 6.47. The SMILES string of the molecule is CC(C)C(=O)CS(=O)C1CCOCC1. The smallest absolute Gasteiger partial charge is 0.147 e. The lowest BCUT2D eigenvalue weighted by Crippen LogP contribution is -2.29. The third-order valence-electron chi connectivity index (χ3n) is 2.47. The molecule has 1 fully saturated rings. The van der Waals surface area contributed by atoms with E-state index >= 15 is 0 Å². The summed E-state index contributed by atoms with van der Waals surface area (Å²) in [4.78, 5) is 11.4. The zero-order valence-corrected chi connectivity index (χ0v) is 9.64. The van der Waals surface area contributed by atoms with E-state index < -0.39 is 10.8 Å². The number of ether oxygens (including phenoxy) is 1. The van der Waals surface area contributed by atoms with Crippen LogP contribution in [0.25, 0.3) is 0 Å². The predicted octanol–water partition coefficient (Wildman–Crippen LogP) is 1.14. The van der Waals surface area contributed by atoms with Crippen LogP contribution in [-0.4, -0.2) is 34.2 Å². The van der Waals surface area contributed by atoms with Crippen molar-refractivity contribution in [2.75, 3.05) is 19.0 Å². The van der Waals surface area contributed by atoms with Gasteiger partial charge < -0.3 is 4.74 Å². The first kappa shape index (κ1) is 11.9. The molecule has 0 radical (unpaired) electrons. The molecule has 1 saturated heterocycles. The van der Waals surface area contributed by atoms with Gasteiger partial charge in [0.1, 0.15) is 5.78 Å². The molecular formula is C10H18O3S. The van der Waals surface area contributed by atoms with Gasteiger partial charge in [-0.2, -0.15) is 0 Å². The van der Waals surface area contributed by atoms with E-state index in [0.717, 1.165) is 12.8 Å². The van der Waals surface area contributed by atoms with Crippen LogP contribution in [-0.2, 0) is 20.3 Å². The van der Waals surface area contributed by atoms with E-state index in [9.17, 15) is 9.00 Å². The molecule has 0 N–H and O–H groups in total. The van der Waals surface area contributed by atoms with Crippen LogP contribution < -0.4 is 0 Å². The van der Waals surface area contributed by atoms with E-state index in [0.29, 0.717) is 13.2 Å². The molecule has 0 aromatic carbocycles. The lowest BCUT2D eigenvalue weighted by molar-refractivity contribution is -0.119. The molecule has 0 aromatic heterocycles. The van der Waals surface area contributed by atoms with Gasteiger partial charge in [-0.05, 0) is 12.8 Å². The molecule has 1 aliphatic heterocycles. The Morgan fingerprint density at radius 1 is 1.43 bits per heavy atom. The largest absolute Gasteiger partial charge is 0.381 e. The Balaban J connectivity index is 2.37. The number of hydrogen-bond acceptors (Lipinski definition) is 3. The normalized spacial score (nSPS) is 21.1. The second-order valence-corrected chi connectivity index (χ2v) is 5.67. The second-order valence-electron chi connectivity index (χ2n) is 3.96. The highest BCUT2D eigenvalue weighted by Gasteiger charge is 2.22. The average Bonchev–Trinajstić information content (AvgIpc) is 2.19. The lowest BCUT2D eigenvalue weighted by Gasteiger charge is -2.21. The Kier molecular flexibility index (Phi) is 4.75. The molecular weight excluding hydrogens is 200 g/mol. The number of hydrogen-bond donors (Lipinski definition) is 0. The zero-order chi connectivity index (χ0) is 10.6. The topological polar surface area (TPSA) is 43.4 Å². The molecule has 1 aliphatic rings. The monoisotopic (exact) mass is 218 g/mol. The lowest BCUT2D eigenvalue weighted by atomic mass is 10.1. The molecule has 0 aliphatic carbocycles. The fourth-order valence-electron chi connectivity index (χ4n) is 1.36. The number of Topliss-reactive ketones (excluding diaryl/α,β-unsaturated/α-hetero) is 1. The maximum Gasteiger partial charge on any atom is 0.147 e. The highest BCUT2D eigenvalue weighted by Crippen LogP contribution is 2.14. The zero-order valence-electron chi connectivity index (χ0n) is 8.82. The molecule has 1 heterocycles. The Bertz CT molecular complexity index is 219. The summed E-state index contributed by atoms with van der Waals surface area (Å²) >= 11 is 0. The average molecular weight is 218 g/mol. The van der Waals surface area contributed by atoms with Gasteiger partial charge in [0.25, 0.3) is 0 Å². The van der Waals surface area contributed by atoms with Crippen molar-refractivity contribution in [1.82, 2.24) is 0 Å². The van der Waals surface area contributed by atoms with Gasteiger partial charge in [0.15, 0.2) is 0 Å². The maximum absolute atomic E-state index is 11.7. The minimum atomic E-state index is -0.987. The fourth-order valence-corrected chi connectivity index (χ4v) is 2.93. The van der Waals surface area contributed by atoms with Crippen LogP contribution in [0.15, 0.2) is 0 Å². The van der Waals surface area contributed by atoms with Gasteiger partial charge in [0.2, 0.25) is 0 Å². The van der Waals surface area contributed by atoms with Crippen LogP contribution >= 0.6 is 0 Å². The summed E-state index contributed by atoms with van der Waals surface area (Å²) < 4.78 is 16.9. The summed E-state index contributed by atoms with van der Waals surface area (Å²) in [5.74, 6) is 0.330. The summed E-state index contributed by atoms with van der Waals surface area (Å²) in [5, 5.41) is 0.173. The van der Waals surface area contributed by atoms with Gasteiger partial charge >= 0.3 is 0 Å². The Morgan fingerprint density at radius 3 is 2.50 bits per heavy atom. The summed E-state index contributed by atoms with van der Waals surface area (Å²) in [6, 6.07) is 0. The van der Waals surface area contributed by atoms with Crippen LogP contribution in [0.5, 0.6) is 0 Å². The van der Waals surface area contributed by atoms with Crippen LogP contribution in [0.2, 0.25) is 0 Å². The summed E-state index contributed by atoms with van der Waals surface area (Å²) in [6.07, 6.45) is 1.66. The molecule has 1 unspecified atom stereocenters. The van der Waals surface area contributed by atoms with Crippen molar-refractivity contribution in [2.45, 2.75) is 31.9 Å². The van der Waals surface area contributed by atoms with Crippen molar-refractivity contribution in [1.29, 1.82) is 0 Å². The fraction of sp³-hybridized carbons (Fsp3) is 0.900. The van der Waals surface area contributed by atoms with E-state index in [-0.39, 0.29) is 22.7 Å². The van der Waals surface area contributed by atoms with E-state index in [1.54, 1.807) is 0 Å².